The molecule has 0 aliphatic rings. The number of nitrogens with zero attached hydrogens (tertiary/aromatic N) is 1. The molecule has 21 heavy (non-hydrogen) atoms. The predicted octanol–water partition coefficient (Wildman–Crippen LogP) is 3.65. The normalized spacial score (nSPS) is 10.2. The molecule has 1 aromatic carbocycles. The second kappa shape index (κ2) is 6.11. The standard InChI is InChI=1S/C14H10Cl2N2O3/c1-7-4-11(16)9(6-17-7)13(19)18-12-5-8(14(20)21)2-3-10(12)15/h2-6H,1H3,(H,18,19)(H,20,21). The first kappa shape index (κ1) is 15.3. The van der Waals surface area contributed by atoms with E-state index in [4.69, 9.17) is 28.3 Å². The predicted molar refractivity (Wildman–Crippen MR) is 80.3 cm³/mol. The third-order valence-corrected chi connectivity index (χ3v) is 3.34. The number of carbonyl (C=O) groups is 2. The summed E-state index contributed by atoms with van der Waals surface area (Å²) in [7, 11) is 0. The maximum atomic E-state index is 12.1. The molecule has 0 aliphatic heterocycles. The Balaban J connectivity index is 2.31. The maximum absolute atomic E-state index is 12.1. The zero-order valence-electron chi connectivity index (χ0n) is 10.9. The van der Waals surface area contributed by atoms with Gasteiger partial charge in [0, 0.05) is 11.9 Å². The van der Waals surface area contributed by atoms with Crippen LogP contribution in [0.3, 0.4) is 0 Å². The molecule has 108 valence electrons. The molecule has 0 aliphatic carbocycles. The van der Waals surface area contributed by atoms with Crippen molar-refractivity contribution in [2.75, 3.05) is 5.32 Å². The van der Waals surface area contributed by atoms with E-state index in [0.29, 0.717) is 5.69 Å². The summed E-state index contributed by atoms with van der Waals surface area (Å²) in [4.78, 5) is 27.1. The van der Waals surface area contributed by atoms with E-state index in [-0.39, 0.29) is 26.9 Å². The number of benzene rings is 1. The van der Waals surface area contributed by atoms with Gasteiger partial charge in [-0.25, -0.2) is 4.79 Å². The van der Waals surface area contributed by atoms with Gasteiger partial charge in [-0.3, -0.25) is 9.78 Å². The molecule has 1 heterocycles. The third kappa shape index (κ3) is 3.51. The fourth-order valence-electron chi connectivity index (χ4n) is 1.64. The van der Waals surface area contributed by atoms with E-state index >= 15 is 0 Å². The Bertz CT molecular complexity index is 732. The Morgan fingerprint density at radius 1 is 1.19 bits per heavy atom. The number of amides is 1. The highest BCUT2D eigenvalue weighted by atomic mass is 35.5. The number of hydrogen-bond acceptors (Lipinski definition) is 3. The smallest absolute Gasteiger partial charge is 0.335 e. The first-order chi connectivity index (χ1) is 9.88. The summed E-state index contributed by atoms with van der Waals surface area (Å²) in [5.41, 5.74) is 1.07. The van der Waals surface area contributed by atoms with Gasteiger partial charge >= 0.3 is 5.97 Å². The average Bonchev–Trinajstić information content (AvgIpc) is 2.40. The minimum atomic E-state index is -1.11. The zero-order valence-corrected chi connectivity index (χ0v) is 12.4. The van der Waals surface area contributed by atoms with E-state index in [9.17, 15) is 9.59 Å². The van der Waals surface area contributed by atoms with Crippen LogP contribution in [0.25, 0.3) is 0 Å². The summed E-state index contributed by atoms with van der Waals surface area (Å²) in [5.74, 6) is -1.63. The van der Waals surface area contributed by atoms with Crippen LogP contribution in [-0.4, -0.2) is 22.0 Å². The number of carboxylic acid groups (broad SMARTS) is 1. The Morgan fingerprint density at radius 2 is 1.90 bits per heavy atom. The van der Waals surface area contributed by atoms with Crippen LogP contribution >= 0.6 is 23.2 Å². The average molecular weight is 325 g/mol. The Hall–Kier alpha value is -2.11. The van der Waals surface area contributed by atoms with Gasteiger partial charge in [0.25, 0.3) is 5.91 Å². The number of aryl methyl sites for hydroxylation is 1. The molecule has 0 unspecified atom stereocenters. The molecule has 0 bridgehead atoms. The molecule has 0 spiro atoms. The fraction of sp³-hybridized carbons (Fsp3) is 0.0714. The van der Waals surface area contributed by atoms with Gasteiger partial charge in [-0.2, -0.15) is 0 Å². The lowest BCUT2D eigenvalue weighted by atomic mass is 10.2. The zero-order chi connectivity index (χ0) is 15.6. The quantitative estimate of drug-likeness (QED) is 0.903. The van der Waals surface area contributed by atoms with Crippen molar-refractivity contribution >= 4 is 40.8 Å². The van der Waals surface area contributed by atoms with Crippen molar-refractivity contribution in [3.05, 3.63) is 57.3 Å². The lowest BCUT2D eigenvalue weighted by Crippen LogP contribution is -2.14. The van der Waals surface area contributed by atoms with Gasteiger partial charge in [0.1, 0.15) is 0 Å². The third-order valence-electron chi connectivity index (χ3n) is 2.70. The number of halogens is 2. The van der Waals surface area contributed by atoms with Crippen LogP contribution < -0.4 is 5.32 Å². The Labute approximate surface area is 130 Å². The molecule has 1 aromatic heterocycles. The highest BCUT2D eigenvalue weighted by molar-refractivity contribution is 6.36. The molecular weight excluding hydrogens is 315 g/mol. The molecule has 2 rings (SSSR count). The Morgan fingerprint density at radius 3 is 2.52 bits per heavy atom. The lowest BCUT2D eigenvalue weighted by molar-refractivity contribution is 0.0696. The van der Waals surface area contributed by atoms with Crippen LogP contribution in [0, 0.1) is 6.92 Å². The van der Waals surface area contributed by atoms with Gasteiger partial charge in [0.05, 0.1) is 26.9 Å². The minimum Gasteiger partial charge on any atom is -0.478 e. The summed E-state index contributed by atoms with van der Waals surface area (Å²) < 4.78 is 0. The summed E-state index contributed by atoms with van der Waals surface area (Å²) in [6, 6.07) is 5.58. The molecule has 0 saturated heterocycles. The molecule has 0 fully saturated rings. The second-order valence-corrected chi connectivity index (χ2v) is 5.07. The largest absolute Gasteiger partial charge is 0.478 e. The maximum Gasteiger partial charge on any atom is 0.335 e. The molecule has 7 heteroatoms. The van der Waals surface area contributed by atoms with Gasteiger partial charge in [0.2, 0.25) is 0 Å². The van der Waals surface area contributed by atoms with Crippen LogP contribution in [0.5, 0.6) is 0 Å². The number of nitrogens with one attached hydrogen (secondary N) is 1. The van der Waals surface area contributed by atoms with Gasteiger partial charge in [0.15, 0.2) is 0 Å². The Kier molecular flexibility index (Phi) is 4.45. The number of hydrogen-bond donors (Lipinski definition) is 2. The molecule has 1 amide bonds. The number of anilines is 1. The molecule has 5 nitrogen and oxygen atoms in total. The van der Waals surface area contributed by atoms with Crippen LogP contribution in [-0.2, 0) is 0 Å². The molecular formula is C14H10Cl2N2O3. The van der Waals surface area contributed by atoms with Gasteiger partial charge in [-0.1, -0.05) is 23.2 Å². The van der Waals surface area contributed by atoms with Gasteiger partial charge in [-0.15, -0.1) is 0 Å². The van der Waals surface area contributed by atoms with E-state index in [1.165, 1.54) is 24.4 Å². The van der Waals surface area contributed by atoms with E-state index < -0.39 is 11.9 Å². The summed E-state index contributed by atoms with van der Waals surface area (Å²) in [6.07, 6.45) is 1.35. The molecule has 2 aromatic rings. The van der Waals surface area contributed by atoms with Crippen molar-refractivity contribution < 1.29 is 14.7 Å². The van der Waals surface area contributed by atoms with Crippen LogP contribution in [0.15, 0.2) is 30.5 Å². The number of carboxylic acids is 1. The number of pyridine rings is 1. The topological polar surface area (TPSA) is 79.3 Å². The van der Waals surface area contributed by atoms with Crippen molar-refractivity contribution in [2.24, 2.45) is 0 Å². The van der Waals surface area contributed by atoms with Gasteiger partial charge < -0.3 is 10.4 Å². The highest BCUT2D eigenvalue weighted by Crippen LogP contribution is 2.25. The van der Waals surface area contributed by atoms with E-state index in [2.05, 4.69) is 10.3 Å². The van der Waals surface area contributed by atoms with Crippen LogP contribution in [0.4, 0.5) is 5.69 Å². The second-order valence-electron chi connectivity index (χ2n) is 4.26. The lowest BCUT2D eigenvalue weighted by Gasteiger charge is -2.09. The van der Waals surface area contributed by atoms with Crippen molar-refractivity contribution in [3.63, 3.8) is 0 Å². The first-order valence-electron chi connectivity index (χ1n) is 5.85. The molecule has 2 N–H and O–H groups in total. The van der Waals surface area contributed by atoms with Crippen molar-refractivity contribution in [1.29, 1.82) is 0 Å². The highest BCUT2D eigenvalue weighted by Gasteiger charge is 2.14. The van der Waals surface area contributed by atoms with Crippen molar-refractivity contribution in [3.8, 4) is 0 Å². The summed E-state index contributed by atoms with van der Waals surface area (Å²) in [6.45, 7) is 1.75. The van der Waals surface area contributed by atoms with Crippen molar-refractivity contribution in [2.45, 2.75) is 6.92 Å². The van der Waals surface area contributed by atoms with Gasteiger partial charge in [-0.05, 0) is 31.2 Å². The van der Waals surface area contributed by atoms with Crippen LogP contribution in [0.2, 0.25) is 10.0 Å². The summed E-state index contributed by atoms with van der Waals surface area (Å²) in [5, 5.41) is 11.9. The van der Waals surface area contributed by atoms with Crippen LogP contribution in [0.1, 0.15) is 26.4 Å². The first-order valence-corrected chi connectivity index (χ1v) is 6.60. The van der Waals surface area contributed by atoms with Crippen molar-refractivity contribution in [1.82, 2.24) is 4.98 Å². The summed E-state index contributed by atoms with van der Waals surface area (Å²) >= 11 is 11.9. The molecule has 0 atom stereocenters. The van der Waals surface area contributed by atoms with E-state index in [0.717, 1.165) is 0 Å². The molecule has 0 saturated carbocycles. The molecule has 0 radical (unpaired) electrons. The number of carbonyl (C=O) groups excluding carboxylic acids is 1. The van der Waals surface area contributed by atoms with E-state index in [1.54, 1.807) is 13.0 Å². The monoisotopic (exact) mass is 324 g/mol. The SMILES string of the molecule is Cc1cc(Cl)c(C(=O)Nc2cc(C(=O)O)ccc2Cl)cn1. The van der Waals surface area contributed by atoms with E-state index in [1.807, 2.05) is 0 Å². The fourth-order valence-corrected chi connectivity index (χ4v) is 2.09. The minimum absolute atomic E-state index is 0.0165. The number of rotatable bonds is 3. The number of aromatic carboxylic acids is 1. The number of aromatic nitrogens is 1.